The summed E-state index contributed by atoms with van der Waals surface area (Å²) >= 11 is 0. The molecule has 2 atom stereocenters. The number of rotatable bonds is 5. The third kappa shape index (κ3) is 3.27. The highest BCUT2D eigenvalue weighted by molar-refractivity contribution is 5.72. The van der Waals surface area contributed by atoms with E-state index in [0.717, 1.165) is 13.1 Å². The van der Waals surface area contributed by atoms with E-state index in [4.69, 9.17) is 9.84 Å². The van der Waals surface area contributed by atoms with Gasteiger partial charge in [-0.2, -0.15) is 0 Å². The fourth-order valence-corrected chi connectivity index (χ4v) is 1.83. The van der Waals surface area contributed by atoms with Gasteiger partial charge in [-0.25, -0.2) is 4.79 Å². The van der Waals surface area contributed by atoms with Gasteiger partial charge in [-0.3, -0.25) is 4.90 Å². The maximum Gasteiger partial charge on any atom is 0.334 e. The maximum absolute atomic E-state index is 10.8. The predicted octanol–water partition coefficient (Wildman–Crippen LogP) is 0.818. The topological polar surface area (TPSA) is 49.8 Å². The summed E-state index contributed by atoms with van der Waals surface area (Å²) in [6, 6.07) is 0. The van der Waals surface area contributed by atoms with Crippen molar-refractivity contribution in [2.45, 2.75) is 26.4 Å². The van der Waals surface area contributed by atoms with E-state index in [1.807, 2.05) is 6.92 Å². The molecule has 1 heterocycles. The van der Waals surface area contributed by atoms with Crippen LogP contribution in [0.3, 0.4) is 0 Å². The number of ether oxygens (including phenoxy) is 1. The summed E-state index contributed by atoms with van der Waals surface area (Å²) in [5.41, 5.74) is 0. The monoisotopic (exact) mass is 201 g/mol. The molecule has 0 saturated carbocycles. The summed E-state index contributed by atoms with van der Waals surface area (Å²) in [4.78, 5) is 13.0. The lowest BCUT2D eigenvalue weighted by Gasteiger charge is -2.20. The molecule has 0 spiro atoms. The van der Waals surface area contributed by atoms with Gasteiger partial charge in [-0.15, -0.1) is 0 Å². The van der Waals surface area contributed by atoms with Crippen LogP contribution in [0.4, 0.5) is 0 Å². The molecule has 1 fully saturated rings. The van der Waals surface area contributed by atoms with E-state index in [9.17, 15) is 4.79 Å². The van der Waals surface area contributed by atoms with E-state index in [1.165, 1.54) is 6.42 Å². The second-order valence-electron chi connectivity index (χ2n) is 3.94. The van der Waals surface area contributed by atoms with Crippen molar-refractivity contribution in [2.24, 2.45) is 5.92 Å². The second kappa shape index (κ2) is 5.32. The Balaban J connectivity index is 2.35. The summed E-state index contributed by atoms with van der Waals surface area (Å²) in [5, 5.41) is 8.88. The van der Waals surface area contributed by atoms with Gasteiger partial charge in [0.05, 0.1) is 0 Å². The van der Waals surface area contributed by atoms with E-state index < -0.39 is 12.1 Å². The molecule has 14 heavy (non-hydrogen) atoms. The molecule has 1 rings (SSSR count). The lowest BCUT2D eigenvalue weighted by atomic mass is 10.2. The zero-order valence-electron chi connectivity index (χ0n) is 8.90. The number of carboxylic acid groups (broad SMARTS) is 1. The summed E-state index contributed by atoms with van der Waals surface area (Å²) < 4.78 is 5.16. The Morgan fingerprint density at radius 3 is 2.86 bits per heavy atom. The number of likely N-dealkylation sites (tertiary alicyclic amines) is 1. The zero-order chi connectivity index (χ0) is 10.6. The van der Waals surface area contributed by atoms with Crippen molar-refractivity contribution in [3.63, 3.8) is 0 Å². The molecule has 1 saturated heterocycles. The average Bonchev–Trinajstić information content (AvgIpc) is 2.50. The molecule has 0 aromatic heterocycles. The smallest absolute Gasteiger partial charge is 0.334 e. The van der Waals surface area contributed by atoms with Crippen LogP contribution in [0.25, 0.3) is 0 Å². The van der Waals surface area contributed by atoms with Gasteiger partial charge in [0.1, 0.15) is 0 Å². The van der Waals surface area contributed by atoms with Gasteiger partial charge >= 0.3 is 5.97 Å². The number of hydrogen-bond donors (Lipinski definition) is 1. The number of aliphatic carboxylic acids is 1. The van der Waals surface area contributed by atoms with E-state index >= 15 is 0 Å². The maximum atomic E-state index is 10.8. The molecular formula is C10H19NO3. The first-order valence-corrected chi connectivity index (χ1v) is 5.20. The van der Waals surface area contributed by atoms with E-state index in [-0.39, 0.29) is 0 Å². The van der Waals surface area contributed by atoms with E-state index in [1.54, 1.807) is 0 Å². The highest BCUT2D eigenvalue weighted by Gasteiger charge is 2.25. The van der Waals surface area contributed by atoms with Crippen molar-refractivity contribution in [3.8, 4) is 0 Å². The molecule has 2 unspecified atom stereocenters. The van der Waals surface area contributed by atoms with Crippen LogP contribution in [-0.4, -0.2) is 48.3 Å². The third-order valence-corrected chi connectivity index (χ3v) is 2.58. The molecule has 1 aliphatic heterocycles. The lowest BCUT2D eigenvalue weighted by molar-refractivity contribution is -0.151. The fraction of sp³-hybridized carbons (Fsp3) is 0.900. The summed E-state index contributed by atoms with van der Waals surface area (Å²) in [7, 11) is 0. The SMILES string of the molecule is CCOC(CN1CCC(C)C1)C(=O)O. The van der Waals surface area contributed by atoms with Crippen LogP contribution < -0.4 is 0 Å². The molecule has 1 N–H and O–H groups in total. The van der Waals surface area contributed by atoms with Gasteiger partial charge in [0.2, 0.25) is 0 Å². The fourth-order valence-electron chi connectivity index (χ4n) is 1.83. The first kappa shape index (κ1) is 11.5. The quantitative estimate of drug-likeness (QED) is 0.715. The molecule has 0 bridgehead atoms. The van der Waals surface area contributed by atoms with Gasteiger partial charge in [-0.05, 0) is 25.8 Å². The van der Waals surface area contributed by atoms with Crippen LogP contribution in [0.5, 0.6) is 0 Å². The molecule has 1 aliphatic rings. The summed E-state index contributed by atoms with van der Waals surface area (Å²) in [6.45, 7) is 6.99. The third-order valence-electron chi connectivity index (χ3n) is 2.58. The Kier molecular flexibility index (Phi) is 4.35. The molecule has 0 radical (unpaired) electrons. The minimum atomic E-state index is -0.855. The normalized spacial score (nSPS) is 25.1. The Hall–Kier alpha value is -0.610. The van der Waals surface area contributed by atoms with Gasteiger partial charge < -0.3 is 9.84 Å². The van der Waals surface area contributed by atoms with E-state index in [0.29, 0.717) is 19.1 Å². The van der Waals surface area contributed by atoms with Crippen molar-refractivity contribution < 1.29 is 14.6 Å². The van der Waals surface area contributed by atoms with Crippen LogP contribution in [0, 0.1) is 5.92 Å². The summed E-state index contributed by atoms with van der Waals surface area (Å²) in [6.07, 6.45) is 0.503. The minimum absolute atomic E-state index is 0.459. The molecule has 4 heteroatoms. The molecule has 0 aromatic rings. The zero-order valence-corrected chi connectivity index (χ0v) is 8.90. The first-order valence-electron chi connectivity index (χ1n) is 5.20. The van der Waals surface area contributed by atoms with Crippen molar-refractivity contribution in [1.82, 2.24) is 4.90 Å². The molecule has 0 aliphatic carbocycles. The summed E-state index contributed by atoms with van der Waals surface area (Å²) in [5.74, 6) is -0.169. The molecule has 0 aromatic carbocycles. The Morgan fingerprint density at radius 1 is 1.71 bits per heavy atom. The largest absolute Gasteiger partial charge is 0.479 e. The Labute approximate surface area is 84.8 Å². The highest BCUT2D eigenvalue weighted by atomic mass is 16.5. The standard InChI is InChI=1S/C10H19NO3/c1-3-14-9(10(12)13)7-11-5-4-8(2)6-11/h8-9H,3-7H2,1-2H3,(H,12,13). The Morgan fingerprint density at radius 2 is 2.43 bits per heavy atom. The molecule has 4 nitrogen and oxygen atoms in total. The second-order valence-corrected chi connectivity index (χ2v) is 3.94. The van der Waals surface area contributed by atoms with E-state index in [2.05, 4.69) is 11.8 Å². The van der Waals surface area contributed by atoms with Crippen molar-refractivity contribution >= 4 is 5.97 Å². The van der Waals surface area contributed by atoms with Crippen molar-refractivity contribution in [1.29, 1.82) is 0 Å². The number of nitrogens with zero attached hydrogens (tertiary/aromatic N) is 1. The van der Waals surface area contributed by atoms with Crippen LogP contribution in [0.2, 0.25) is 0 Å². The minimum Gasteiger partial charge on any atom is -0.479 e. The number of carbonyl (C=O) groups is 1. The van der Waals surface area contributed by atoms with Crippen LogP contribution >= 0.6 is 0 Å². The van der Waals surface area contributed by atoms with Crippen molar-refractivity contribution in [3.05, 3.63) is 0 Å². The van der Waals surface area contributed by atoms with Gasteiger partial charge in [-0.1, -0.05) is 6.92 Å². The lowest BCUT2D eigenvalue weighted by Crippen LogP contribution is -2.37. The first-order chi connectivity index (χ1) is 6.63. The Bertz CT molecular complexity index is 196. The predicted molar refractivity (Wildman–Crippen MR) is 53.3 cm³/mol. The van der Waals surface area contributed by atoms with Crippen LogP contribution in [0.1, 0.15) is 20.3 Å². The van der Waals surface area contributed by atoms with Gasteiger partial charge in [0.15, 0.2) is 6.10 Å². The van der Waals surface area contributed by atoms with Gasteiger partial charge in [0, 0.05) is 19.7 Å². The highest BCUT2D eigenvalue weighted by Crippen LogP contribution is 2.15. The van der Waals surface area contributed by atoms with Crippen LogP contribution in [-0.2, 0) is 9.53 Å². The van der Waals surface area contributed by atoms with Crippen molar-refractivity contribution in [2.75, 3.05) is 26.2 Å². The average molecular weight is 201 g/mol. The molecular weight excluding hydrogens is 182 g/mol. The number of hydrogen-bond acceptors (Lipinski definition) is 3. The molecule has 82 valence electrons. The van der Waals surface area contributed by atoms with Crippen LogP contribution in [0.15, 0.2) is 0 Å². The van der Waals surface area contributed by atoms with Gasteiger partial charge in [0.25, 0.3) is 0 Å². The molecule has 0 amide bonds. The number of carboxylic acids is 1.